The second-order valence-corrected chi connectivity index (χ2v) is 8.77. The predicted molar refractivity (Wildman–Crippen MR) is 122 cm³/mol. The molecule has 0 radical (unpaired) electrons. The van der Waals surface area contributed by atoms with Crippen molar-refractivity contribution in [3.63, 3.8) is 0 Å². The Balaban J connectivity index is 1.63. The molecule has 1 aliphatic rings. The van der Waals surface area contributed by atoms with Gasteiger partial charge < -0.3 is 0 Å². The lowest BCUT2D eigenvalue weighted by molar-refractivity contribution is 0.511. The Morgan fingerprint density at radius 1 is 0.710 bits per heavy atom. The van der Waals surface area contributed by atoms with Crippen molar-refractivity contribution in [1.29, 1.82) is 0 Å². The smallest absolute Gasteiger partial charge is 0.159 e. The second kappa shape index (κ2) is 5.99. The molecule has 5 heteroatoms. The van der Waals surface area contributed by atoms with Crippen LogP contribution in [0.25, 0.3) is 54.5 Å². The molecule has 3 heterocycles. The molecule has 2 aromatic heterocycles. The van der Waals surface area contributed by atoms with Gasteiger partial charge in [-0.15, -0.1) is 0 Å². The van der Waals surface area contributed by atoms with Crippen LogP contribution in [0.15, 0.2) is 82.8 Å². The molecule has 2 nitrogen and oxygen atoms in total. The average molecular weight is 422 g/mol. The summed E-state index contributed by atoms with van der Waals surface area (Å²) in [6.45, 7) is 0. The zero-order valence-electron chi connectivity index (χ0n) is 16.0. The molecule has 0 bridgehead atoms. The molecule has 146 valence electrons. The van der Waals surface area contributed by atoms with Gasteiger partial charge in [0.1, 0.15) is 5.03 Å². The van der Waals surface area contributed by atoms with E-state index in [0.29, 0.717) is 10.8 Å². The summed E-state index contributed by atoms with van der Waals surface area (Å²) >= 11 is 1.60. The van der Waals surface area contributed by atoms with Gasteiger partial charge in [0.25, 0.3) is 0 Å². The van der Waals surface area contributed by atoms with E-state index in [1.54, 1.807) is 11.8 Å². The minimum Gasteiger partial charge on any atom is -0.255 e. The number of rotatable bonds is 0. The molecule has 0 spiro atoms. The molecule has 6 aromatic rings. The molecule has 0 atom stereocenters. The third kappa shape index (κ3) is 2.32. The van der Waals surface area contributed by atoms with Crippen molar-refractivity contribution in [2.75, 3.05) is 0 Å². The molecule has 0 aliphatic carbocycles. The highest BCUT2D eigenvalue weighted by atomic mass is 32.2. The van der Waals surface area contributed by atoms with Gasteiger partial charge in [0.05, 0.1) is 11.2 Å². The molecular weight excluding hydrogens is 410 g/mol. The average Bonchev–Trinajstić information content (AvgIpc) is 2.79. The fourth-order valence-electron chi connectivity index (χ4n) is 4.61. The van der Waals surface area contributed by atoms with Crippen LogP contribution >= 0.6 is 11.8 Å². The summed E-state index contributed by atoms with van der Waals surface area (Å²) in [6, 6.07) is 20.6. The minimum atomic E-state index is -0.838. The van der Waals surface area contributed by atoms with Crippen LogP contribution in [-0.2, 0) is 0 Å². The van der Waals surface area contributed by atoms with Crippen LogP contribution in [0.5, 0.6) is 0 Å². The van der Waals surface area contributed by atoms with Crippen LogP contribution < -0.4 is 0 Å². The Kier molecular flexibility index (Phi) is 3.31. The molecule has 4 aromatic carbocycles. The Morgan fingerprint density at radius 3 is 2.52 bits per heavy atom. The summed E-state index contributed by atoms with van der Waals surface area (Å²) in [5.41, 5.74) is 2.87. The van der Waals surface area contributed by atoms with Gasteiger partial charge in [0.2, 0.25) is 0 Å². The normalized spacial score (nSPS) is 12.7. The third-order valence-electron chi connectivity index (χ3n) is 6.02. The molecule has 0 unspecified atom stereocenters. The van der Waals surface area contributed by atoms with Gasteiger partial charge in [0.15, 0.2) is 11.6 Å². The molecule has 0 amide bonds. The number of hydrogen-bond acceptors (Lipinski definition) is 3. The van der Waals surface area contributed by atoms with Crippen molar-refractivity contribution in [3.8, 4) is 11.3 Å². The Hall–Kier alpha value is -3.57. The number of fused-ring (bicyclic) bond motifs is 7. The van der Waals surface area contributed by atoms with Crippen LogP contribution in [-0.4, -0.2) is 9.97 Å². The van der Waals surface area contributed by atoms with Crippen molar-refractivity contribution in [1.82, 2.24) is 9.97 Å². The van der Waals surface area contributed by atoms with Gasteiger partial charge in [-0.05, 0) is 63.3 Å². The van der Waals surface area contributed by atoms with E-state index in [1.807, 2.05) is 42.6 Å². The molecule has 31 heavy (non-hydrogen) atoms. The van der Waals surface area contributed by atoms with Crippen molar-refractivity contribution < 1.29 is 8.78 Å². The standard InChI is InChI=1S/C26H12F2N2S/c27-20-10-13-5-6-15-16-7-8-29-25-19-9-14-3-1-2-4-22(14)30-26(19)31-23(24(16)25)12-18(15)17(13)11-21(20)28/h1-12H. The van der Waals surface area contributed by atoms with Gasteiger partial charge in [-0.25, -0.2) is 13.8 Å². The van der Waals surface area contributed by atoms with E-state index in [2.05, 4.69) is 18.2 Å². The maximum atomic E-state index is 14.1. The number of benzene rings is 4. The highest BCUT2D eigenvalue weighted by Crippen LogP contribution is 2.49. The maximum absolute atomic E-state index is 14.1. The first-order chi connectivity index (χ1) is 15.2. The van der Waals surface area contributed by atoms with E-state index in [9.17, 15) is 8.78 Å². The van der Waals surface area contributed by atoms with E-state index in [4.69, 9.17) is 9.97 Å². The molecule has 1 aliphatic heterocycles. The van der Waals surface area contributed by atoms with Crippen LogP contribution in [0.2, 0.25) is 0 Å². The van der Waals surface area contributed by atoms with E-state index < -0.39 is 11.6 Å². The Morgan fingerprint density at radius 2 is 1.58 bits per heavy atom. The van der Waals surface area contributed by atoms with Crippen molar-refractivity contribution >= 4 is 55.0 Å². The van der Waals surface area contributed by atoms with Crippen LogP contribution in [0.1, 0.15) is 0 Å². The van der Waals surface area contributed by atoms with Gasteiger partial charge in [0, 0.05) is 27.4 Å². The van der Waals surface area contributed by atoms with Crippen LogP contribution in [0.4, 0.5) is 8.78 Å². The number of hydrogen-bond donors (Lipinski definition) is 0. The SMILES string of the molecule is Fc1cc2ccc3c4ccnc5c4c(cc3c2cc1F)Sc1nc2ccccc2cc1-5. The maximum Gasteiger partial charge on any atom is 0.159 e. The van der Waals surface area contributed by atoms with E-state index in [-0.39, 0.29) is 0 Å². The van der Waals surface area contributed by atoms with Crippen molar-refractivity contribution in [2.24, 2.45) is 0 Å². The minimum absolute atomic E-state index is 0.678. The fourth-order valence-corrected chi connectivity index (χ4v) is 5.71. The fraction of sp³-hybridized carbons (Fsp3) is 0. The Labute approximate surface area is 179 Å². The summed E-state index contributed by atoms with van der Waals surface area (Å²) < 4.78 is 27.9. The monoisotopic (exact) mass is 422 g/mol. The zero-order valence-corrected chi connectivity index (χ0v) is 16.8. The lowest BCUT2D eigenvalue weighted by Gasteiger charge is -2.21. The lowest BCUT2D eigenvalue weighted by Crippen LogP contribution is -1.99. The topological polar surface area (TPSA) is 25.8 Å². The summed E-state index contributed by atoms with van der Waals surface area (Å²) in [4.78, 5) is 10.6. The van der Waals surface area contributed by atoms with Gasteiger partial charge in [-0.2, -0.15) is 0 Å². The van der Waals surface area contributed by atoms with E-state index in [1.165, 1.54) is 12.1 Å². The molecule has 0 N–H and O–H groups in total. The largest absolute Gasteiger partial charge is 0.255 e. The number of nitrogens with zero attached hydrogens (tertiary/aromatic N) is 2. The Bertz CT molecular complexity index is 1740. The molecule has 0 saturated heterocycles. The summed E-state index contributed by atoms with van der Waals surface area (Å²) in [5.74, 6) is -1.67. The molecular formula is C26H12F2N2S. The van der Waals surface area contributed by atoms with E-state index >= 15 is 0 Å². The molecule has 7 rings (SSSR count). The summed E-state index contributed by atoms with van der Waals surface area (Å²) in [5, 5.41) is 7.38. The number of para-hydroxylation sites is 1. The first-order valence-electron chi connectivity index (χ1n) is 9.88. The highest BCUT2D eigenvalue weighted by Gasteiger charge is 2.24. The third-order valence-corrected chi connectivity index (χ3v) is 7.06. The van der Waals surface area contributed by atoms with E-state index in [0.717, 1.165) is 53.6 Å². The second-order valence-electron chi connectivity index (χ2n) is 7.74. The number of aromatic nitrogens is 2. The quantitative estimate of drug-likeness (QED) is 0.237. The summed E-state index contributed by atoms with van der Waals surface area (Å²) in [6.07, 6.45) is 1.81. The lowest BCUT2D eigenvalue weighted by atomic mass is 9.95. The first kappa shape index (κ1) is 17.1. The van der Waals surface area contributed by atoms with Gasteiger partial charge >= 0.3 is 0 Å². The van der Waals surface area contributed by atoms with Crippen molar-refractivity contribution in [3.05, 3.63) is 84.6 Å². The summed E-state index contributed by atoms with van der Waals surface area (Å²) in [7, 11) is 0. The van der Waals surface area contributed by atoms with Gasteiger partial charge in [-0.1, -0.05) is 42.1 Å². The molecule has 0 fully saturated rings. The van der Waals surface area contributed by atoms with Crippen LogP contribution in [0.3, 0.4) is 0 Å². The molecule has 0 saturated carbocycles. The van der Waals surface area contributed by atoms with Gasteiger partial charge in [-0.3, -0.25) is 4.98 Å². The van der Waals surface area contributed by atoms with Crippen molar-refractivity contribution in [2.45, 2.75) is 9.92 Å². The highest BCUT2D eigenvalue weighted by molar-refractivity contribution is 7.99. The first-order valence-corrected chi connectivity index (χ1v) is 10.7. The number of halogens is 2. The van der Waals surface area contributed by atoms with Crippen LogP contribution in [0, 0.1) is 11.6 Å². The number of pyridine rings is 2. The predicted octanol–water partition coefficient (Wildman–Crippen LogP) is 7.50. The zero-order chi connectivity index (χ0) is 20.7.